The van der Waals surface area contributed by atoms with Crippen molar-refractivity contribution in [2.75, 3.05) is 13.2 Å². The van der Waals surface area contributed by atoms with E-state index >= 15 is 0 Å². The van der Waals surface area contributed by atoms with E-state index < -0.39 is 11.9 Å². The molecule has 0 aromatic heterocycles. The molecule has 1 atom stereocenters. The van der Waals surface area contributed by atoms with Crippen LogP contribution in [0, 0.1) is 11.8 Å². The number of carboxylic acid groups (broad SMARTS) is 1. The monoisotopic (exact) mass is 321 g/mol. The predicted molar refractivity (Wildman–Crippen MR) is 89.5 cm³/mol. The van der Waals surface area contributed by atoms with Crippen LogP contribution >= 0.6 is 0 Å². The third-order valence-electron chi connectivity index (χ3n) is 3.56. The van der Waals surface area contributed by atoms with Crippen LogP contribution in [-0.2, 0) is 16.0 Å². The second-order valence-corrected chi connectivity index (χ2v) is 6.05. The molecule has 0 aliphatic rings. The first kappa shape index (κ1) is 19.0. The van der Waals surface area contributed by atoms with E-state index in [0.717, 1.165) is 17.7 Å². The number of benzene rings is 1. The van der Waals surface area contributed by atoms with E-state index in [-0.39, 0.29) is 12.5 Å². The molecule has 5 nitrogen and oxygen atoms in total. The Morgan fingerprint density at radius 1 is 1.22 bits per heavy atom. The van der Waals surface area contributed by atoms with Gasteiger partial charge in [0.15, 0.2) is 0 Å². The van der Waals surface area contributed by atoms with Crippen molar-refractivity contribution in [3.8, 4) is 5.75 Å². The molecule has 1 rings (SSSR count). The van der Waals surface area contributed by atoms with Gasteiger partial charge in [0, 0.05) is 13.0 Å². The standard InChI is InChI=1S/C18H27NO4/c1-4-23-16-8-6-14(7-9-16)11-15(18(21)22)12-19-17(20)10-5-13(2)3/h6-9,13,15H,4-5,10-12H2,1-3H3,(H,19,20)(H,21,22). The van der Waals surface area contributed by atoms with Gasteiger partial charge in [-0.05, 0) is 43.4 Å². The SMILES string of the molecule is CCOc1ccc(CC(CNC(=O)CCC(C)C)C(=O)O)cc1. The van der Waals surface area contributed by atoms with Gasteiger partial charge in [-0.1, -0.05) is 26.0 Å². The molecule has 0 saturated heterocycles. The Labute approximate surface area is 138 Å². The fourth-order valence-electron chi connectivity index (χ4n) is 2.16. The summed E-state index contributed by atoms with van der Waals surface area (Å²) < 4.78 is 5.37. The van der Waals surface area contributed by atoms with Crippen LogP contribution in [0.3, 0.4) is 0 Å². The maximum atomic E-state index is 11.7. The molecule has 0 bridgehead atoms. The topological polar surface area (TPSA) is 75.6 Å². The summed E-state index contributed by atoms with van der Waals surface area (Å²) in [5.74, 6) is -0.388. The Morgan fingerprint density at radius 2 is 1.87 bits per heavy atom. The molecule has 0 radical (unpaired) electrons. The molecule has 1 amide bonds. The van der Waals surface area contributed by atoms with Gasteiger partial charge in [0.1, 0.15) is 5.75 Å². The first-order valence-corrected chi connectivity index (χ1v) is 8.13. The van der Waals surface area contributed by atoms with Crippen LogP contribution in [0.15, 0.2) is 24.3 Å². The lowest BCUT2D eigenvalue weighted by Gasteiger charge is -2.14. The highest BCUT2D eigenvalue weighted by atomic mass is 16.5. The molecule has 1 unspecified atom stereocenters. The number of ether oxygens (including phenoxy) is 1. The maximum Gasteiger partial charge on any atom is 0.308 e. The van der Waals surface area contributed by atoms with E-state index in [9.17, 15) is 14.7 Å². The number of carbonyl (C=O) groups excluding carboxylic acids is 1. The molecule has 1 aromatic rings. The molecule has 23 heavy (non-hydrogen) atoms. The zero-order chi connectivity index (χ0) is 17.2. The van der Waals surface area contributed by atoms with Gasteiger partial charge < -0.3 is 15.2 Å². The van der Waals surface area contributed by atoms with Crippen molar-refractivity contribution in [2.45, 2.75) is 40.0 Å². The second-order valence-electron chi connectivity index (χ2n) is 6.05. The number of nitrogens with one attached hydrogen (secondary N) is 1. The summed E-state index contributed by atoms with van der Waals surface area (Å²) in [4.78, 5) is 23.1. The molecule has 0 saturated carbocycles. The number of hydrogen-bond donors (Lipinski definition) is 2. The number of carboxylic acids is 1. The average Bonchev–Trinajstić information content (AvgIpc) is 2.51. The van der Waals surface area contributed by atoms with E-state index in [1.54, 1.807) is 0 Å². The Balaban J connectivity index is 2.51. The second kappa shape index (κ2) is 9.87. The van der Waals surface area contributed by atoms with Gasteiger partial charge in [0.05, 0.1) is 12.5 Å². The number of carbonyl (C=O) groups is 2. The van der Waals surface area contributed by atoms with E-state index in [4.69, 9.17) is 4.74 Å². The van der Waals surface area contributed by atoms with Crippen LogP contribution in [0.5, 0.6) is 5.75 Å². The Morgan fingerprint density at radius 3 is 2.39 bits per heavy atom. The molecule has 2 N–H and O–H groups in total. The first-order valence-electron chi connectivity index (χ1n) is 8.13. The molecular formula is C18H27NO4. The van der Waals surface area contributed by atoms with E-state index in [2.05, 4.69) is 19.2 Å². The normalized spacial score (nSPS) is 12.0. The Hall–Kier alpha value is -2.04. The lowest BCUT2D eigenvalue weighted by Crippen LogP contribution is -2.34. The molecular weight excluding hydrogens is 294 g/mol. The van der Waals surface area contributed by atoms with Gasteiger partial charge >= 0.3 is 5.97 Å². The van der Waals surface area contributed by atoms with Crippen molar-refractivity contribution in [2.24, 2.45) is 11.8 Å². The Bertz CT molecular complexity index is 496. The molecule has 0 spiro atoms. The number of rotatable bonds is 10. The zero-order valence-corrected chi connectivity index (χ0v) is 14.2. The lowest BCUT2D eigenvalue weighted by molar-refractivity contribution is -0.141. The minimum absolute atomic E-state index is 0.0864. The molecule has 0 fully saturated rings. The van der Waals surface area contributed by atoms with E-state index in [1.165, 1.54) is 0 Å². The van der Waals surface area contributed by atoms with Crippen LogP contribution in [0.2, 0.25) is 0 Å². The van der Waals surface area contributed by atoms with Crippen LogP contribution in [0.25, 0.3) is 0 Å². The summed E-state index contributed by atoms with van der Waals surface area (Å²) in [5, 5.41) is 12.1. The van der Waals surface area contributed by atoms with Gasteiger partial charge in [0.25, 0.3) is 0 Å². The lowest BCUT2D eigenvalue weighted by atomic mass is 9.99. The van der Waals surface area contributed by atoms with Crippen molar-refractivity contribution in [1.82, 2.24) is 5.32 Å². The summed E-state index contributed by atoms with van der Waals surface area (Å²) in [5.41, 5.74) is 0.914. The van der Waals surface area contributed by atoms with Gasteiger partial charge in [-0.3, -0.25) is 9.59 Å². The van der Waals surface area contributed by atoms with Crippen molar-refractivity contribution in [3.05, 3.63) is 29.8 Å². The van der Waals surface area contributed by atoms with Crippen LogP contribution in [-0.4, -0.2) is 30.1 Å². The highest BCUT2D eigenvalue weighted by Crippen LogP contribution is 2.15. The van der Waals surface area contributed by atoms with Crippen LogP contribution in [0.1, 0.15) is 39.2 Å². The highest BCUT2D eigenvalue weighted by molar-refractivity contribution is 5.77. The van der Waals surface area contributed by atoms with Crippen molar-refractivity contribution in [3.63, 3.8) is 0 Å². The third kappa shape index (κ3) is 7.68. The highest BCUT2D eigenvalue weighted by Gasteiger charge is 2.19. The maximum absolute atomic E-state index is 11.7. The summed E-state index contributed by atoms with van der Waals surface area (Å²) in [6.07, 6.45) is 1.63. The Kier molecular flexibility index (Phi) is 8.16. The smallest absolute Gasteiger partial charge is 0.308 e. The molecule has 0 aliphatic carbocycles. The van der Waals surface area contributed by atoms with Crippen molar-refractivity contribution < 1.29 is 19.4 Å². The molecule has 1 aromatic carbocycles. The molecule has 5 heteroatoms. The van der Waals surface area contributed by atoms with Crippen LogP contribution in [0.4, 0.5) is 0 Å². The fraction of sp³-hybridized carbons (Fsp3) is 0.556. The van der Waals surface area contributed by atoms with Gasteiger partial charge in [-0.25, -0.2) is 0 Å². The van der Waals surface area contributed by atoms with Gasteiger partial charge in [0.2, 0.25) is 5.91 Å². The molecule has 0 heterocycles. The van der Waals surface area contributed by atoms with E-state index in [1.807, 2.05) is 31.2 Å². The summed E-state index contributed by atoms with van der Waals surface area (Å²) >= 11 is 0. The number of hydrogen-bond acceptors (Lipinski definition) is 3. The minimum atomic E-state index is -0.900. The first-order chi connectivity index (χ1) is 10.9. The van der Waals surface area contributed by atoms with Gasteiger partial charge in [-0.15, -0.1) is 0 Å². The average molecular weight is 321 g/mol. The van der Waals surface area contributed by atoms with Crippen molar-refractivity contribution >= 4 is 11.9 Å². The van der Waals surface area contributed by atoms with Crippen LogP contribution < -0.4 is 10.1 Å². The largest absolute Gasteiger partial charge is 0.494 e. The number of aliphatic carboxylic acids is 1. The van der Waals surface area contributed by atoms with Crippen molar-refractivity contribution in [1.29, 1.82) is 0 Å². The third-order valence-corrected chi connectivity index (χ3v) is 3.56. The quantitative estimate of drug-likeness (QED) is 0.695. The van der Waals surface area contributed by atoms with E-state index in [0.29, 0.717) is 25.4 Å². The minimum Gasteiger partial charge on any atom is -0.494 e. The molecule has 128 valence electrons. The van der Waals surface area contributed by atoms with Gasteiger partial charge in [-0.2, -0.15) is 0 Å². The fourth-order valence-corrected chi connectivity index (χ4v) is 2.16. The summed E-state index contributed by atoms with van der Waals surface area (Å²) in [6, 6.07) is 7.39. The summed E-state index contributed by atoms with van der Waals surface area (Å²) in [6.45, 7) is 6.77. The predicted octanol–water partition coefficient (Wildman–Crippen LogP) is 2.88. The zero-order valence-electron chi connectivity index (χ0n) is 14.2. The summed E-state index contributed by atoms with van der Waals surface area (Å²) in [7, 11) is 0. The molecule has 0 aliphatic heterocycles. The number of amides is 1.